The average molecular weight is 467 g/mol. The number of hydrogen-bond donors (Lipinski definition) is 0. The van der Waals surface area contributed by atoms with Crippen molar-refractivity contribution in [1.29, 1.82) is 0 Å². The van der Waals surface area contributed by atoms with Gasteiger partial charge in [-0.1, -0.05) is 6.07 Å². The Balaban J connectivity index is 1.44. The van der Waals surface area contributed by atoms with Crippen LogP contribution in [0.4, 0.5) is 13.2 Å². The fourth-order valence-corrected chi connectivity index (χ4v) is 5.05. The van der Waals surface area contributed by atoms with Crippen LogP contribution in [-0.2, 0) is 4.79 Å². The predicted molar refractivity (Wildman–Crippen MR) is 121 cm³/mol. The Kier molecular flexibility index (Phi) is 5.67. The number of imidazole rings is 1. The number of nitrogens with zero attached hydrogens (tertiary/aromatic N) is 3. The number of ether oxygens (including phenoxy) is 1. The van der Waals surface area contributed by atoms with Crippen LogP contribution in [0.5, 0.6) is 5.75 Å². The zero-order valence-corrected chi connectivity index (χ0v) is 18.9. The van der Waals surface area contributed by atoms with E-state index in [4.69, 9.17) is 4.74 Å². The third-order valence-electron chi connectivity index (χ3n) is 6.68. The minimum atomic E-state index is -1.49. The molecule has 5 rings (SSSR count). The van der Waals surface area contributed by atoms with Crippen molar-refractivity contribution in [2.24, 2.45) is 0 Å². The number of piperidine rings is 1. The van der Waals surface area contributed by atoms with Gasteiger partial charge in [0.2, 0.25) is 0 Å². The highest BCUT2D eigenvalue weighted by molar-refractivity contribution is 5.99. The second-order valence-corrected chi connectivity index (χ2v) is 8.82. The van der Waals surface area contributed by atoms with E-state index in [0.29, 0.717) is 24.2 Å². The molecule has 2 aromatic carbocycles. The lowest BCUT2D eigenvalue weighted by molar-refractivity contribution is -0.131. The summed E-state index contributed by atoms with van der Waals surface area (Å²) in [5, 5.41) is 0. The average Bonchev–Trinajstić information content (AvgIpc) is 3.45. The van der Waals surface area contributed by atoms with Crippen molar-refractivity contribution in [3.8, 4) is 11.4 Å². The van der Waals surface area contributed by atoms with E-state index in [1.165, 1.54) is 0 Å². The lowest BCUT2D eigenvalue weighted by Gasteiger charge is -2.35. The van der Waals surface area contributed by atoms with Gasteiger partial charge in [-0.05, 0) is 74.1 Å². The summed E-state index contributed by atoms with van der Waals surface area (Å²) in [4.78, 5) is 19.4. The molecule has 0 spiro atoms. The van der Waals surface area contributed by atoms with Gasteiger partial charge in [-0.15, -0.1) is 0 Å². The molecule has 2 fully saturated rings. The lowest BCUT2D eigenvalue weighted by atomic mass is 9.95. The van der Waals surface area contributed by atoms with Crippen molar-refractivity contribution in [2.75, 3.05) is 7.11 Å². The number of aryl methyl sites for hydroxylation is 1. The maximum Gasteiger partial charge on any atom is 0.250 e. The molecule has 0 N–H and O–H groups in total. The normalized spacial score (nSPS) is 21.3. The summed E-state index contributed by atoms with van der Waals surface area (Å²) < 4.78 is 48.6. The van der Waals surface area contributed by atoms with Crippen LogP contribution in [0.1, 0.15) is 48.5 Å². The summed E-state index contributed by atoms with van der Waals surface area (Å²) >= 11 is 0. The van der Waals surface area contributed by atoms with Crippen LogP contribution < -0.4 is 4.74 Å². The zero-order chi connectivity index (χ0) is 24.0. The largest absolute Gasteiger partial charge is 0.495 e. The van der Waals surface area contributed by atoms with E-state index in [-0.39, 0.29) is 17.5 Å². The fourth-order valence-electron chi connectivity index (χ4n) is 5.05. The Hall–Kier alpha value is -3.55. The van der Waals surface area contributed by atoms with Crippen molar-refractivity contribution >= 4 is 12.0 Å². The van der Waals surface area contributed by atoms with Crippen LogP contribution in [0.25, 0.3) is 11.8 Å². The van der Waals surface area contributed by atoms with E-state index in [1.807, 2.05) is 42.0 Å². The monoisotopic (exact) mass is 467 g/mol. The first-order valence-corrected chi connectivity index (χ1v) is 11.2. The molecule has 1 amide bonds. The summed E-state index contributed by atoms with van der Waals surface area (Å²) in [6.07, 6.45) is 8.16. The fraction of sp³-hybridized carbons (Fsp3) is 0.308. The molecule has 176 valence electrons. The van der Waals surface area contributed by atoms with Crippen molar-refractivity contribution in [3.63, 3.8) is 0 Å². The number of carbonyl (C=O) groups is 1. The molecular formula is C26H24F3N3O2. The van der Waals surface area contributed by atoms with Crippen LogP contribution >= 0.6 is 0 Å². The van der Waals surface area contributed by atoms with E-state index in [0.717, 1.165) is 41.9 Å². The molecule has 0 bridgehead atoms. The van der Waals surface area contributed by atoms with Crippen molar-refractivity contribution in [3.05, 3.63) is 82.7 Å². The Labute approximate surface area is 195 Å². The molecule has 2 atom stereocenters. The maximum atomic E-state index is 13.9. The first-order valence-electron chi connectivity index (χ1n) is 11.2. The van der Waals surface area contributed by atoms with Crippen molar-refractivity contribution < 1.29 is 22.7 Å². The predicted octanol–water partition coefficient (Wildman–Crippen LogP) is 5.52. The molecule has 5 nitrogen and oxygen atoms in total. The minimum Gasteiger partial charge on any atom is -0.495 e. The first kappa shape index (κ1) is 22.3. The van der Waals surface area contributed by atoms with Gasteiger partial charge in [0.15, 0.2) is 17.5 Å². The van der Waals surface area contributed by atoms with Gasteiger partial charge in [-0.25, -0.2) is 18.2 Å². The third-order valence-corrected chi connectivity index (χ3v) is 6.68. The Morgan fingerprint density at radius 1 is 1.09 bits per heavy atom. The van der Waals surface area contributed by atoms with Crippen molar-refractivity contribution in [1.82, 2.24) is 14.5 Å². The number of fused-ring (bicyclic) bond motifs is 1. The van der Waals surface area contributed by atoms with Gasteiger partial charge in [-0.2, -0.15) is 0 Å². The molecule has 2 aliphatic heterocycles. The van der Waals surface area contributed by atoms with Gasteiger partial charge in [0.05, 0.1) is 30.9 Å². The zero-order valence-electron chi connectivity index (χ0n) is 18.9. The van der Waals surface area contributed by atoms with E-state index in [2.05, 4.69) is 4.98 Å². The molecule has 1 aromatic heterocycles. The number of halogens is 3. The molecule has 2 aliphatic rings. The van der Waals surface area contributed by atoms with Gasteiger partial charge < -0.3 is 14.2 Å². The maximum absolute atomic E-state index is 13.9. The summed E-state index contributed by atoms with van der Waals surface area (Å²) in [5.74, 6) is -3.48. The molecule has 3 aromatic rings. The van der Waals surface area contributed by atoms with Gasteiger partial charge in [0, 0.05) is 17.8 Å². The highest BCUT2D eigenvalue weighted by atomic mass is 19.2. The molecule has 8 heteroatoms. The van der Waals surface area contributed by atoms with Crippen LogP contribution in [0.3, 0.4) is 0 Å². The number of amides is 1. The summed E-state index contributed by atoms with van der Waals surface area (Å²) in [6.45, 7) is 1.91. The lowest BCUT2D eigenvalue weighted by Crippen LogP contribution is -2.41. The first-order chi connectivity index (χ1) is 16.4. The molecule has 2 saturated heterocycles. The quantitative estimate of drug-likeness (QED) is 0.375. The molecular weight excluding hydrogens is 443 g/mol. The standard InChI is InChI=1S/C26H24F3N3O2/c1-15-13-31(14-30-15)23-7-3-16(10-24(23)34-2)9-17-4-5-19-6-8-22(32(19)26(17)33)18-11-20(27)25(29)21(28)12-18/h3,7,9-14,19,22H,4-6,8H2,1-2H3/t19-,22+/m0/s1. The number of methoxy groups -OCH3 is 1. The molecule has 0 saturated carbocycles. The second kappa shape index (κ2) is 8.66. The Bertz CT molecular complexity index is 1280. The van der Waals surface area contributed by atoms with Crippen LogP contribution in [-0.4, -0.2) is 33.5 Å². The molecule has 0 unspecified atom stereocenters. The highest BCUT2D eigenvalue weighted by Crippen LogP contribution is 2.43. The Morgan fingerprint density at radius 3 is 2.53 bits per heavy atom. The number of rotatable bonds is 4. The van der Waals surface area contributed by atoms with Crippen LogP contribution in [0.2, 0.25) is 0 Å². The minimum absolute atomic E-state index is 0.00668. The topological polar surface area (TPSA) is 47.4 Å². The number of carbonyl (C=O) groups excluding carboxylic acids is 1. The van der Waals surface area contributed by atoms with E-state index in [1.54, 1.807) is 18.3 Å². The van der Waals surface area contributed by atoms with Crippen LogP contribution in [0, 0.1) is 24.4 Å². The third kappa shape index (κ3) is 3.87. The molecule has 0 aliphatic carbocycles. The van der Waals surface area contributed by atoms with E-state index >= 15 is 0 Å². The van der Waals surface area contributed by atoms with Gasteiger partial charge >= 0.3 is 0 Å². The summed E-state index contributed by atoms with van der Waals surface area (Å²) in [6, 6.07) is 7.20. The van der Waals surface area contributed by atoms with Gasteiger partial charge in [0.1, 0.15) is 5.75 Å². The number of aromatic nitrogens is 2. The second-order valence-electron chi connectivity index (χ2n) is 8.82. The molecule has 34 heavy (non-hydrogen) atoms. The number of benzene rings is 2. The SMILES string of the molecule is COc1cc(C=C2CC[C@H]3CC[C@H](c4cc(F)c(F)c(F)c4)N3C2=O)ccc1-n1cnc(C)c1. The van der Waals surface area contributed by atoms with E-state index in [9.17, 15) is 18.0 Å². The van der Waals surface area contributed by atoms with Gasteiger partial charge in [-0.3, -0.25) is 4.79 Å². The van der Waals surface area contributed by atoms with Crippen molar-refractivity contribution in [2.45, 2.75) is 44.7 Å². The van der Waals surface area contributed by atoms with Gasteiger partial charge in [0.25, 0.3) is 5.91 Å². The molecule has 3 heterocycles. The highest BCUT2D eigenvalue weighted by Gasteiger charge is 2.42. The smallest absolute Gasteiger partial charge is 0.250 e. The Morgan fingerprint density at radius 2 is 1.85 bits per heavy atom. The molecule has 0 radical (unpaired) electrons. The summed E-state index contributed by atoms with van der Waals surface area (Å²) in [7, 11) is 1.59. The number of hydrogen-bond acceptors (Lipinski definition) is 3. The van der Waals surface area contributed by atoms with E-state index < -0.39 is 23.5 Å². The summed E-state index contributed by atoms with van der Waals surface area (Å²) in [5.41, 5.74) is 3.44. The van der Waals surface area contributed by atoms with Crippen LogP contribution in [0.15, 0.2) is 48.4 Å².